The van der Waals surface area contributed by atoms with Crippen LogP contribution in [0, 0.1) is 0 Å². The molecule has 1 saturated heterocycles. The lowest BCUT2D eigenvalue weighted by atomic mass is 9.83. The fourth-order valence-corrected chi connectivity index (χ4v) is 3.46. The number of nitrogens with zero attached hydrogens (tertiary/aromatic N) is 1. The van der Waals surface area contributed by atoms with Gasteiger partial charge in [-0.1, -0.05) is 44.2 Å². The average Bonchev–Trinajstić information content (AvgIpc) is 2.98. The van der Waals surface area contributed by atoms with E-state index in [9.17, 15) is 0 Å². The summed E-state index contributed by atoms with van der Waals surface area (Å²) in [6, 6.07) is 10.5. The molecular weight excluding hydrogens is 262 g/mol. The van der Waals surface area contributed by atoms with Crippen LogP contribution in [0.5, 0.6) is 0 Å². The second-order valence-electron chi connectivity index (χ2n) is 6.81. The van der Waals surface area contributed by atoms with E-state index in [0.29, 0.717) is 6.61 Å². The van der Waals surface area contributed by atoms with Crippen LogP contribution in [0.2, 0.25) is 0 Å². The van der Waals surface area contributed by atoms with Crippen LogP contribution < -0.4 is 0 Å². The number of ether oxygens (including phenoxy) is 2. The molecular formula is C18H25NO2. The molecule has 2 heterocycles. The molecule has 0 aromatic heterocycles. The molecule has 0 spiro atoms. The van der Waals surface area contributed by atoms with E-state index in [0.717, 1.165) is 25.2 Å². The Balaban J connectivity index is 1.95. The van der Waals surface area contributed by atoms with Gasteiger partial charge in [-0.2, -0.15) is 0 Å². The Labute approximate surface area is 127 Å². The summed E-state index contributed by atoms with van der Waals surface area (Å²) >= 11 is 0. The minimum atomic E-state index is -0.369. The fraction of sp³-hybridized carbons (Fsp3) is 0.611. The first kappa shape index (κ1) is 14.6. The summed E-state index contributed by atoms with van der Waals surface area (Å²) in [5.74, 6) is 0.806. The molecule has 114 valence electrons. The predicted octanol–water partition coefficient (Wildman–Crippen LogP) is 3.76. The van der Waals surface area contributed by atoms with Crippen molar-refractivity contribution < 1.29 is 9.47 Å². The van der Waals surface area contributed by atoms with E-state index >= 15 is 0 Å². The van der Waals surface area contributed by atoms with Crippen LogP contribution in [0.4, 0.5) is 0 Å². The Kier molecular flexibility index (Phi) is 3.36. The number of benzene rings is 1. The van der Waals surface area contributed by atoms with Crippen molar-refractivity contribution in [2.75, 3.05) is 6.61 Å². The van der Waals surface area contributed by atoms with Crippen molar-refractivity contribution in [2.24, 2.45) is 4.99 Å². The van der Waals surface area contributed by atoms with E-state index in [1.165, 1.54) is 5.56 Å². The van der Waals surface area contributed by atoms with Crippen LogP contribution in [-0.2, 0) is 15.9 Å². The van der Waals surface area contributed by atoms with Crippen molar-refractivity contribution in [2.45, 2.75) is 63.7 Å². The molecule has 2 aliphatic rings. The van der Waals surface area contributed by atoms with Crippen LogP contribution in [0.3, 0.4) is 0 Å². The Morgan fingerprint density at radius 2 is 1.76 bits per heavy atom. The van der Waals surface area contributed by atoms with Gasteiger partial charge in [0.25, 0.3) is 0 Å². The summed E-state index contributed by atoms with van der Waals surface area (Å²) in [6.07, 6.45) is 2.81. The molecule has 0 aliphatic carbocycles. The standard InChI is InChI=1S/C18H25NO2/c1-5-17(6-2)18(21-17,12-14-10-8-7-9-11-14)15-19-16(3,4)13-20-15/h7-11H,5-6,12-13H2,1-4H3/t18-/m0/s1. The molecule has 1 aromatic carbocycles. The zero-order chi connectivity index (χ0) is 15.1. The van der Waals surface area contributed by atoms with Gasteiger partial charge in [0, 0.05) is 6.42 Å². The van der Waals surface area contributed by atoms with Gasteiger partial charge in [-0.25, -0.2) is 4.99 Å². The predicted molar refractivity (Wildman–Crippen MR) is 84.7 cm³/mol. The number of rotatable bonds is 5. The van der Waals surface area contributed by atoms with Crippen molar-refractivity contribution in [1.29, 1.82) is 0 Å². The largest absolute Gasteiger partial charge is 0.476 e. The molecule has 0 saturated carbocycles. The Morgan fingerprint density at radius 1 is 1.10 bits per heavy atom. The Morgan fingerprint density at radius 3 is 2.24 bits per heavy atom. The second kappa shape index (κ2) is 4.84. The first-order valence-corrected chi connectivity index (χ1v) is 7.94. The fourth-order valence-electron chi connectivity index (χ4n) is 3.46. The van der Waals surface area contributed by atoms with E-state index < -0.39 is 0 Å². The van der Waals surface area contributed by atoms with Gasteiger partial charge in [0.05, 0.1) is 5.54 Å². The lowest BCUT2D eigenvalue weighted by molar-refractivity contribution is 0.237. The van der Waals surface area contributed by atoms with Gasteiger partial charge in [-0.15, -0.1) is 0 Å². The van der Waals surface area contributed by atoms with Gasteiger partial charge in [-0.05, 0) is 32.3 Å². The molecule has 3 heteroatoms. The number of hydrogen-bond donors (Lipinski definition) is 0. The maximum Gasteiger partial charge on any atom is 0.220 e. The first-order chi connectivity index (χ1) is 9.97. The van der Waals surface area contributed by atoms with Gasteiger partial charge in [0.15, 0.2) is 5.60 Å². The van der Waals surface area contributed by atoms with E-state index in [1.54, 1.807) is 0 Å². The summed E-state index contributed by atoms with van der Waals surface area (Å²) < 4.78 is 12.3. The highest BCUT2D eigenvalue weighted by molar-refractivity contribution is 5.92. The zero-order valence-electron chi connectivity index (χ0n) is 13.5. The molecule has 1 atom stereocenters. The van der Waals surface area contributed by atoms with Gasteiger partial charge >= 0.3 is 0 Å². The molecule has 0 radical (unpaired) electrons. The smallest absolute Gasteiger partial charge is 0.220 e. The van der Waals surface area contributed by atoms with E-state index in [1.807, 2.05) is 6.07 Å². The van der Waals surface area contributed by atoms with Gasteiger partial charge < -0.3 is 9.47 Å². The lowest BCUT2D eigenvalue weighted by Gasteiger charge is -2.18. The topological polar surface area (TPSA) is 34.1 Å². The second-order valence-corrected chi connectivity index (χ2v) is 6.81. The van der Waals surface area contributed by atoms with Crippen molar-refractivity contribution in [3.8, 4) is 0 Å². The summed E-state index contributed by atoms with van der Waals surface area (Å²) in [6.45, 7) is 9.25. The van der Waals surface area contributed by atoms with Crippen molar-refractivity contribution in [1.82, 2.24) is 0 Å². The maximum atomic E-state index is 6.32. The monoisotopic (exact) mass is 287 g/mol. The highest BCUT2D eigenvalue weighted by Gasteiger charge is 2.72. The van der Waals surface area contributed by atoms with Crippen LogP contribution in [0.1, 0.15) is 46.1 Å². The quantitative estimate of drug-likeness (QED) is 0.773. The third-order valence-corrected chi connectivity index (χ3v) is 4.81. The third-order valence-electron chi connectivity index (χ3n) is 4.81. The molecule has 0 bridgehead atoms. The maximum absolute atomic E-state index is 6.32. The SMILES string of the molecule is CCC1(CC)O[C@@]1(Cc1ccccc1)C1=NC(C)(C)CO1. The Hall–Kier alpha value is -1.35. The number of hydrogen-bond acceptors (Lipinski definition) is 3. The third kappa shape index (κ3) is 2.28. The van der Waals surface area contributed by atoms with Crippen molar-refractivity contribution >= 4 is 5.90 Å². The summed E-state index contributed by atoms with van der Waals surface area (Å²) in [4.78, 5) is 4.81. The molecule has 1 fully saturated rings. The van der Waals surface area contributed by atoms with E-state index in [4.69, 9.17) is 14.5 Å². The van der Waals surface area contributed by atoms with Crippen LogP contribution in [0.15, 0.2) is 35.3 Å². The van der Waals surface area contributed by atoms with Crippen LogP contribution in [-0.4, -0.2) is 29.2 Å². The summed E-state index contributed by atoms with van der Waals surface area (Å²) in [5, 5.41) is 0. The first-order valence-electron chi connectivity index (χ1n) is 7.94. The van der Waals surface area contributed by atoms with E-state index in [-0.39, 0.29) is 16.7 Å². The normalized spacial score (nSPS) is 28.9. The minimum absolute atomic E-state index is 0.123. The van der Waals surface area contributed by atoms with E-state index in [2.05, 4.69) is 52.0 Å². The number of epoxide rings is 1. The highest BCUT2D eigenvalue weighted by atomic mass is 16.7. The molecule has 0 N–H and O–H groups in total. The summed E-state index contributed by atoms with van der Waals surface area (Å²) in [7, 11) is 0. The highest BCUT2D eigenvalue weighted by Crippen LogP contribution is 2.56. The minimum Gasteiger partial charge on any atom is -0.476 e. The molecule has 21 heavy (non-hydrogen) atoms. The van der Waals surface area contributed by atoms with Gasteiger partial charge in [0.2, 0.25) is 5.90 Å². The zero-order valence-corrected chi connectivity index (χ0v) is 13.5. The van der Waals surface area contributed by atoms with Gasteiger partial charge in [-0.3, -0.25) is 0 Å². The number of aliphatic imine (C=N–C) groups is 1. The molecule has 2 aliphatic heterocycles. The lowest BCUT2D eigenvalue weighted by Crippen LogP contribution is -2.36. The van der Waals surface area contributed by atoms with Gasteiger partial charge in [0.1, 0.15) is 12.2 Å². The van der Waals surface area contributed by atoms with Crippen molar-refractivity contribution in [3.05, 3.63) is 35.9 Å². The molecule has 3 nitrogen and oxygen atoms in total. The van der Waals surface area contributed by atoms with Crippen LogP contribution in [0.25, 0.3) is 0 Å². The molecule has 0 unspecified atom stereocenters. The average molecular weight is 287 g/mol. The summed E-state index contributed by atoms with van der Waals surface area (Å²) in [5.41, 5.74) is 0.642. The molecule has 1 aromatic rings. The molecule has 3 rings (SSSR count). The Bertz CT molecular complexity index is 546. The van der Waals surface area contributed by atoms with Crippen molar-refractivity contribution in [3.63, 3.8) is 0 Å². The van der Waals surface area contributed by atoms with Crippen LogP contribution >= 0.6 is 0 Å². The molecule has 0 amide bonds.